The lowest BCUT2D eigenvalue weighted by atomic mass is 10.1. The number of sulfone groups is 1. The lowest BCUT2D eigenvalue weighted by Crippen LogP contribution is -2.09. The quantitative estimate of drug-likeness (QED) is 0.684. The summed E-state index contributed by atoms with van der Waals surface area (Å²) in [4.78, 5) is 12.2. The molecule has 0 spiro atoms. The molecule has 0 saturated carbocycles. The molecule has 1 aromatic carbocycles. The first-order chi connectivity index (χ1) is 10.5. The van der Waals surface area contributed by atoms with E-state index in [4.69, 9.17) is 0 Å². The molecule has 0 bridgehead atoms. The van der Waals surface area contributed by atoms with E-state index in [1.165, 1.54) is 6.20 Å². The molecule has 0 aliphatic heterocycles. The summed E-state index contributed by atoms with van der Waals surface area (Å²) < 4.78 is 24.9. The topological polar surface area (TPSA) is 77.7 Å². The van der Waals surface area contributed by atoms with Gasteiger partial charge in [0.2, 0.25) is 15.0 Å². The van der Waals surface area contributed by atoms with Crippen molar-refractivity contribution >= 4 is 9.84 Å². The van der Waals surface area contributed by atoms with Gasteiger partial charge in [0.1, 0.15) is 11.6 Å². The highest BCUT2D eigenvalue weighted by Gasteiger charge is 2.13. The predicted molar refractivity (Wildman–Crippen MR) is 81.5 cm³/mol. The molecule has 112 valence electrons. The molecule has 7 heteroatoms. The van der Waals surface area contributed by atoms with Gasteiger partial charge in [-0.15, -0.1) is 0 Å². The van der Waals surface area contributed by atoms with Gasteiger partial charge in [0.25, 0.3) is 0 Å². The second-order valence-corrected chi connectivity index (χ2v) is 6.75. The van der Waals surface area contributed by atoms with Crippen molar-refractivity contribution in [3.63, 3.8) is 0 Å². The molecular weight excluding hydrogens is 300 g/mol. The van der Waals surface area contributed by atoms with Gasteiger partial charge >= 0.3 is 0 Å². The van der Waals surface area contributed by atoms with E-state index in [-0.39, 0.29) is 5.16 Å². The minimum absolute atomic E-state index is 0.190. The molecule has 22 heavy (non-hydrogen) atoms. The molecule has 0 radical (unpaired) electrons. The average molecular weight is 314 g/mol. The van der Waals surface area contributed by atoms with Crippen molar-refractivity contribution in [2.45, 2.75) is 11.6 Å². The summed E-state index contributed by atoms with van der Waals surface area (Å²) in [5.41, 5.74) is 1.12. The normalized spacial score (nSPS) is 11.5. The lowest BCUT2D eigenvalue weighted by molar-refractivity contribution is 0.592. The molecule has 0 unspecified atom stereocenters. The number of rotatable bonds is 4. The summed E-state index contributed by atoms with van der Waals surface area (Å²) in [6.07, 6.45) is 6.58. The highest BCUT2D eigenvalue weighted by Crippen LogP contribution is 2.13. The van der Waals surface area contributed by atoms with Crippen LogP contribution < -0.4 is 0 Å². The minimum atomic E-state index is -3.44. The molecule has 0 aliphatic carbocycles. The first-order valence-corrected chi connectivity index (χ1v) is 8.53. The molecule has 6 nitrogen and oxygen atoms in total. The second-order valence-electron chi connectivity index (χ2n) is 4.85. The van der Waals surface area contributed by atoms with Gasteiger partial charge in [0, 0.05) is 31.3 Å². The third-order valence-electron chi connectivity index (χ3n) is 3.12. The Morgan fingerprint density at radius 1 is 1.05 bits per heavy atom. The van der Waals surface area contributed by atoms with Gasteiger partial charge in [-0.3, -0.25) is 4.57 Å². The maximum atomic E-state index is 11.6. The van der Waals surface area contributed by atoms with E-state index in [1.807, 2.05) is 30.3 Å². The van der Waals surface area contributed by atoms with Crippen LogP contribution in [0.3, 0.4) is 0 Å². The Kier molecular flexibility index (Phi) is 3.72. The Balaban J connectivity index is 1.99. The maximum absolute atomic E-state index is 11.6. The van der Waals surface area contributed by atoms with Crippen LogP contribution in [0.25, 0.3) is 5.82 Å². The van der Waals surface area contributed by atoms with Crippen LogP contribution in [-0.2, 0) is 16.3 Å². The van der Waals surface area contributed by atoms with Crippen molar-refractivity contribution in [3.05, 3.63) is 66.4 Å². The molecule has 3 rings (SSSR count). The van der Waals surface area contributed by atoms with Crippen LogP contribution in [0.15, 0.2) is 60.1 Å². The van der Waals surface area contributed by atoms with Gasteiger partial charge in [-0.1, -0.05) is 30.3 Å². The Labute approximate surface area is 128 Å². The van der Waals surface area contributed by atoms with E-state index in [0.717, 1.165) is 17.6 Å². The van der Waals surface area contributed by atoms with Crippen LogP contribution in [0, 0.1) is 0 Å². The fraction of sp³-hybridized carbons (Fsp3) is 0.133. The molecule has 0 N–H and O–H groups in total. The molecule has 0 aliphatic rings. The fourth-order valence-electron chi connectivity index (χ4n) is 2.10. The van der Waals surface area contributed by atoms with Gasteiger partial charge in [-0.25, -0.2) is 23.4 Å². The van der Waals surface area contributed by atoms with Crippen LogP contribution in [0.2, 0.25) is 0 Å². The Morgan fingerprint density at radius 2 is 1.82 bits per heavy atom. The van der Waals surface area contributed by atoms with Gasteiger partial charge < -0.3 is 0 Å². The van der Waals surface area contributed by atoms with Crippen LogP contribution in [0.5, 0.6) is 0 Å². The Morgan fingerprint density at radius 3 is 2.55 bits per heavy atom. The summed E-state index contributed by atoms with van der Waals surface area (Å²) in [6.45, 7) is 0. The van der Waals surface area contributed by atoms with Crippen LogP contribution in [0.1, 0.15) is 11.4 Å². The number of benzene rings is 1. The van der Waals surface area contributed by atoms with E-state index in [0.29, 0.717) is 12.2 Å². The van der Waals surface area contributed by atoms with E-state index >= 15 is 0 Å². The summed E-state index contributed by atoms with van der Waals surface area (Å²) in [7, 11) is -3.44. The molecule has 0 atom stereocenters. The standard InChI is InChI=1S/C15H14N4O2S/c1-22(20,21)15-17-8-7-13(18-15)19-10-9-16-14(19)11-12-5-3-2-4-6-12/h2-10H,11H2,1H3. The summed E-state index contributed by atoms with van der Waals surface area (Å²) >= 11 is 0. The molecule has 0 fully saturated rings. The number of hydrogen-bond acceptors (Lipinski definition) is 5. The van der Waals surface area contributed by atoms with Crippen molar-refractivity contribution in [2.75, 3.05) is 6.26 Å². The van der Waals surface area contributed by atoms with E-state index in [1.54, 1.807) is 23.0 Å². The fourth-order valence-corrected chi connectivity index (χ4v) is 2.61. The number of aromatic nitrogens is 4. The van der Waals surface area contributed by atoms with Crippen LogP contribution in [-0.4, -0.2) is 34.2 Å². The maximum Gasteiger partial charge on any atom is 0.248 e. The van der Waals surface area contributed by atoms with Crippen molar-refractivity contribution < 1.29 is 8.42 Å². The van der Waals surface area contributed by atoms with Crippen molar-refractivity contribution in [2.24, 2.45) is 0 Å². The molecule has 2 heterocycles. The SMILES string of the molecule is CS(=O)(=O)c1nccc(-n2ccnc2Cc2ccccc2)n1. The first-order valence-electron chi connectivity index (χ1n) is 6.64. The summed E-state index contributed by atoms with van der Waals surface area (Å²) in [6, 6.07) is 11.6. The van der Waals surface area contributed by atoms with Crippen molar-refractivity contribution in [1.82, 2.24) is 19.5 Å². The zero-order chi connectivity index (χ0) is 15.6. The number of hydrogen-bond donors (Lipinski definition) is 0. The average Bonchev–Trinajstić information content (AvgIpc) is 2.96. The van der Waals surface area contributed by atoms with E-state index < -0.39 is 9.84 Å². The number of nitrogens with zero attached hydrogens (tertiary/aromatic N) is 4. The molecule has 0 amide bonds. The predicted octanol–water partition coefficient (Wildman–Crippen LogP) is 1.66. The van der Waals surface area contributed by atoms with Gasteiger partial charge in [0.15, 0.2) is 0 Å². The molecular formula is C15H14N4O2S. The summed E-state index contributed by atoms with van der Waals surface area (Å²) in [5, 5.41) is -0.190. The molecule has 2 aromatic heterocycles. The van der Waals surface area contributed by atoms with Crippen molar-refractivity contribution in [1.29, 1.82) is 0 Å². The Hall–Kier alpha value is -2.54. The highest BCUT2D eigenvalue weighted by atomic mass is 32.2. The monoisotopic (exact) mass is 314 g/mol. The third kappa shape index (κ3) is 3.04. The zero-order valence-corrected chi connectivity index (χ0v) is 12.7. The van der Waals surface area contributed by atoms with Crippen LogP contribution in [0.4, 0.5) is 0 Å². The largest absolute Gasteiger partial charge is 0.287 e. The van der Waals surface area contributed by atoms with E-state index in [2.05, 4.69) is 15.0 Å². The van der Waals surface area contributed by atoms with Gasteiger partial charge in [0.05, 0.1) is 0 Å². The second kappa shape index (κ2) is 5.69. The third-order valence-corrected chi connectivity index (χ3v) is 3.98. The lowest BCUT2D eigenvalue weighted by Gasteiger charge is -2.08. The molecule has 3 aromatic rings. The highest BCUT2D eigenvalue weighted by molar-refractivity contribution is 7.90. The minimum Gasteiger partial charge on any atom is -0.287 e. The summed E-state index contributed by atoms with van der Waals surface area (Å²) in [5.74, 6) is 1.27. The molecule has 0 saturated heterocycles. The van der Waals surface area contributed by atoms with Gasteiger partial charge in [-0.2, -0.15) is 0 Å². The zero-order valence-electron chi connectivity index (χ0n) is 11.9. The first kappa shape index (κ1) is 14.4. The van der Waals surface area contributed by atoms with Crippen molar-refractivity contribution in [3.8, 4) is 5.82 Å². The van der Waals surface area contributed by atoms with E-state index in [9.17, 15) is 8.42 Å². The van der Waals surface area contributed by atoms with Gasteiger partial charge in [-0.05, 0) is 11.6 Å². The Bertz CT molecular complexity index is 889. The number of imidazole rings is 1. The van der Waals surface area contributed by atoms with Crippen LogP contribution >= 0.6 is 0 Å². The smallest absolute Gasteiger partial charge is 0.248 e.